The lowest BCUT2D eigenvalue weighted by Crippen LogP contribution is -2.01. The molecule has 1 N–H and O–H groups in total. The zero-order chi connectivity index (χ0) is 17.1. The van der Waals surface area contributed by atoms with Gasteiger partial charge < -0.3 is 9.84 Å². The number of rotatable bonds is 12. The zero-order valence-electron chi connectivity index (χ0n) is 13.1. The van der Waals surface area contributed by atoms with Crippen molar-refractivity contribution in [1.29, 1.82) is 0 Å². The van der Waals surface area contributed by atoms with Gasteiger partial charge in [-0.15, -0.1) is 0 Å². The molecular formula is C17H23I3O3. The number of carboxylic acid groups (broad SMARTS) is 1. The van der Waals surface area contributed by atoms with Crippen LogP contribution in [0.25, 0.3) is 0 Å². The van der Waals surface area contributed by atoms with Crippen molar-refractivity contribution in [3.05, 3.63) is 22.8 Å². The van der Waals surface area contributed by atoms with Gasteiger partial charge >= 0.3 is 5.97 Å². The lowest BCUT2D eigenvalue weighted by Gasteiger charge is -2.11. The molecule has 3 nitrogen and oxygen atoms in total. The summed E-state index contributed by atoms with van der Waals surface area (Å²) in [6, 6.07) is 4.28. The van der Waals surface area contributed by atoms with Crippen molar-refractivity contribution in [2.45, 2.75) is 57.8 Å². The maximum Gasteiger partial charge on any atom is 0.303 e. The van der Waals surface area contributed by atoms with Crippen molar-refractivity contribution in [1.82, 2.24) is 0 Å². The third-order valence-corrected chi connectivity index (χ3v) is 5.72. The molecule has 0 aliphatic carbocycles. The van der Waals surface area contributed by atoms with Gasteiger partial charge in [0.2, 0.25) is 0 Å². The summed E-state index contributed by atoms with van der Waals surface area (Å²) in [4.78, 5) is 10.4. The number of ether oxygens (including phenoxy) is 1. The molecule has 0 saturated carbocycles. The maximum atomic E-state index is 10.4. The molecule has 1 rings (SSSR count). The average molecular weight is 656 g/mol. The summed E-state index contributed by atoms with van der Waals surface area (Å²) in [7, 11) is 0. The first kappa shape index (κ1) is 21.7. The van der Waals surface area contributed by atoms with Crippen LogP contribution in [-0.4, -0.2) is 17.7 Å². The van der Waals surface area contributed by atoms with Crippen molar-refractivity contribution >= 4 is 73.7 Å². The molecule has 0 atom stereocenters. The van der Waals surface area contributed by atoms with Gasteiger partial charge in [-0.25, -0.2) is 0 Å². The molecule has 1 aromatic rings. The first-order valence-corrected chi connectivity index (χ1v) is 11.2. The van der Waals surface area contributed by atoms with Gasteiger partial charge in [-0.3, -0.25) is 4.79 Å². The number of unbranched alkanes of at least 4 members (excludes halogenated alkanes) is 7. The third kappa shape index (κ3) is 10.3. The van der Waals surface area contributed by atoms with E-state index >= 15 is 0 Å². The fourth-order valence-electron chi connectivity index (χ4n) is 2.28. The van der Waals surface area contributed by atoms with E-state index in [-0.39, 0.29) is 0 Å². The lowest BCUT2D eigenvalue weighted by molar-refractivity contribution is -0.137. The highest BCUT2D eigenvalue weighted by Gasteiger charge is 2.07. The van der Waals surface area contributed by atoms with Crippen LogP contribution >= 0.6 is 67.8 Å². The molecule has 0 bridgehead atoms. The van der Waals surface area contributed by atoms with E-state index in [2.05, 4.69) is 79.9 Å². The molecular weight excluding hydrogens is 633 g/mol. The number of benzene rings is 1. The minimum Gasteiger partial charge on any atom is -0.491 e. The van der Waals surface area contributed by atoms with Crippen LogP contribution in [-0.2, 0) is 4.79 Å². The van der Waals surface area contributed by atoms with Gasteiger partial charge in [0, 0.05) is 9.99 Å². The molecule has 0 spiro atoms. The van der Waals surface area contributed by atoms with E-state index in [4.69, 9.17) is 9.84 Å². The predicted octanol–water partition coefficient (Wildman–Crippen LogP) is 6.47. The van der Waals surface area contributed by atoms with E-state index in [1.165, 1.54) is 36.4 Å². The second kappa shape index (κ2) is 13.0. The van der Waals surface area contributed by atoms with Crippen LogP contribution in [0.5, 0.6) is 5.75 Å². The Bertz CT molecular complexity index is 469. The summed E-state index contributed by atoms with van der Waals surface area (Å²) in [6.45, 7) is 0.783. The molecule has 0 aliphatic rings. The molecule has 0 unspecified atom stereocenters. The standard InChI is InChI=1S/C17H23I3O3/c18-13-11-14(19)17(15(20)12-13)23-10-8-6-4-2-1-3-5-7-9-16(21)22/h11-12H,1-10H2,(H,21,22). The Morgan fingerprint density at radius 3 is 1.87 bits per heavy atom. The van der Waals surface area contributed by atoms with Gasteiger partial charge in [0.1, 0.15) is 5.75 Å². The topological polar surface area (TPSA) is 46.5 Å². The van der Waals surface area contributed by atoms with Crippen LogP contribution in [0.3, 0.4) is 0 Å². The van der Waals surface area contributed by atoms with Gasteiger partial charge in [0.15, 0.2) is 0 Å². The van der Waals surface area contributed by atoms with Crippen LogP contribution in [0.2, 0.25) is 0 Å². The van der Waals surface area contributed by atoms with Crippen LogP contribution < -0.4 is 4.74 Å². The molecule has 0 amide bonds. The monoisotopic (exact) mass is 656 g/mol. The number of carboxylic acids is 1. The third-order valence-electron chi connectivity index (χ3n) is 3.49. The van der Waals surface area contributed by atoms with E-state index in [1.807, 2.05) is 0 Å². The fourth-order valence-corrected chi connectivity index (χ4v) is 6.17. The van der Waals surface area contributed by atoms with Crippen molar-refractivity contribution < 1.29 is 14.6 Å². The normalized spacial score (nSPS) is 10.7. The number of hydrogen-bond donors (Lipinski definition) is 1. The molecule has 0 heterocycles. The Hall–Kier alpha value is 0.680. The van der Waals surface area contributed by atoms with Crippen molar-refractivity contribution in [3.8, 4) is 5.75 Å². The Morgan fingerprint density at radius 1 is 0.870 bits per heavy atom. The fraction of sp³-hybridized carbons (Fsp3) is 0.588. The second-order valence-corrected chi connectivity index (χ2v) is 9.09. The number of halogens is 3. The van der Waals surface area contributed by atoms with E-state index in [9.17, 15) is 4.79 Å². The van der Waals surface area contributed by atoms with Gasteiger partial charge in [-0.1, -0.05) is 38.5 Å². The van der Waals surface area contributed by atoms with E-state index < -0.39 is 5.97 Å². The number of carbonyl (C=O) groups is 1. The largest absolute Gasteiger partial charge is 0.491 e. The molecule has 1 aromatic carbocycles. The van der Waals surface area contributed by atoms with Crippen molar-refractivity contribution in [2.24, 2.45) is 0 Å². The van der Waals surface area contributed by atoms with Crippen LogP contribution in [0.4, 0.5) is 0 Å². The van der Waals surface area contributed by atoms with Gasteiger partial charge in [-0.2, -0.15) is 0 Å². The average Bonchev–Trinajstić information content (AvgIpc) is 2.46. The zero-order valence-corrected chi connectivity index (χ0v) is 19.6. The quantitative estimate of drug-likeness (QED) is 0.207. The van der Waals surface area contributed by atoms with Crippen LogP contribution in [0.1, 0.15) is 57.8 Å². The van der Waals surface area contributed by atoms with Gasteiger partial charge in [-0.05, 0) is 92.7 Å². The second-order valence-electron chi connectivity index (χ2n) is 5.52. The number of aliphatic carboxylic acids is 1. The Balaban J connectivity index is 2.01. The summed E-state index contributed by atoms with van der Waals surface area (Å²) >= 11 is 7.00. The summed E-state index contributed by atoms with van der Waals surface area (Å²) in [5.41, 5.74) is 0. The highest BCUT2D eigenvalue weighted by Crippen LogP contribution is 2.29. The molecule has 6 heteroatoms. The molecule has 130 valence electrons. The van der Waals surface area contributed by atoms with E-state index in [1.54, 1.807) is 0 Å². The molecule has 0 fully saturated rings. The van der Waals surface area contributed by atoms with Gasteiger partial charge in [0.05, 0.1) is 13.7 Å². The summed E-state index contributed by atoms with van der Waals surface area (Å²) in [5, 5.41) is 8.55. The SMILES string of the molecule is O=C(O)CCCCCCCCCCOc1c(I)cc(I)cc1I. The molecule has 23 heavy (non-hydrogen) atoms. The Morgan fingerprint density at radius 2 is 1.35 bits per heavy atom. The molecule has 0 aliphatic heterocycles. The van der Waals surface area contributed by atoms with E-state index in [0.717, 1.165) is 38.0 Å². The van der Waals surface area contributed by atoms with Crippen LogP contribution in [0.15, 0.2) is 12.1 Å². The summed E-state index contributed by atoms with van der Waals surface area (Å²) in [6.07, 6.45) is 9.32. The highest BCUT2D eigenvalue weighted by molar-refractivity contribution is 14.1. The molecule has 0 radical (unpaired) electrons. The lowest BCUT2D eigenvalue weighted by atomic mass is 10.1. The minimum absolute atomic E-state index is 0.313. The minimum atomic E-state index is -0.678. The van der Waals surface area contributed by atoms with E-state index in [0.29, 0.717) is 6.42 Å². The Kier molecular flexibility index (Phi) is 12.2. The van der Waals surface area contributed by atoms with Crippen molar-refractivity contribution in [2.75, 3.05) is 6.61 Å². The van der Waals surface area contributed by atoms with Crippen LogP contribution in [0, 0.1) is 10.7 Å². The smallest absolute Gasteiger partial charge is 0.303 e. The number of hydrogen-bond acceptors (Lipinski definition) is 2. The van der Waals surface area contributed by atoms with Crippen molar-refractivity contribution in [3.63, 3.8) is 0 Å². The maximum absolute atomic E-state index is 10.4. The first-order valence-electron chi connectivity index (χ1n) is 8.00. The Labute approximate surface area is 179 Å². The molecule has 0 saturated heterocycles. The summed E-state index contributed by atoms with van der Waals surface area (Å²) < 4.78 is 9.53. The molecule has 0 aromatic heterocycles. The summed E-state index contributed by atoms with van der Waals surface area (Å²) in [5.74, 6) is 0.340. The van der Waals surface area contributed by atoms with Gasteiger partial charge in [0.25, 0.3) is 0 Å². The first-order chi connectivity index (χ1) is 11.0. The highest BCUT2D eigenvalue weighted by atomic mass is 127. The predicted molar refractivity (Wildman–Crippen MR) is 119 cm³/mol.